The summed E-state index contributed by atoms with van der Waals surface area (Å²) in [6.07, 6.45) is 0. The van der Waals surface area contributed by atoms with Crippen LogP contribution in [0.5, 0.6) is 5.75 Å². The molecule has 0 aliphatic carbocycles. The van der Waals surface area contributed by atoms with Crippen LogP contribution in [0.2, 0.25) is 0 Å². The highest BCUT2D eigenvalue weighted by atomic mass is 79.9. The number of anilines is 2. The molecule has 0 amide bonds. The standard InChI is InChI=1S/C14H13BrN2OS/c1-18-13-7-6-9(8-11(13)15)17-12-5-3-2-4-10(12)14(16)19/h2-8,17H,1H3,(H2,16,19). The lowest BCUT2D eigenvalue weighted by molar-refractivity contribution is 0.412. The van der Waals surface area contributed by atoms with Crippen molar-refractivity contribution in [3.8, 4) is 5.75 Å². The van der Waals surface area contributed by atoms with E-state index in [2.05, 4.69) is 21.2 Å². The Morgan fingerprint density at radius 2 is 2.00 bits per heavy atom. The number of nitrogens with two attached hydrogens (primary N) is 1. The SMILES string of the molecule is COc1ccc(Nc2ccccc2C(N)=S)cc1Br. The molecule has 0 spiro atoms. The molecule has 0 heterocycles. The summed E-state index contributed by atoms with van der Waals surface area (Å²) in [6, 6.07) is 13.4. The normalized spacial score (nSPS) is 10.0. The Labute approximate surface area is 125 Å². The molecular weight excluding hydrogens is 324 g/mol. The molecule has 0 radical (unpaired) electrons. The molecule has 0 saturated heterocycles. The largest absolute Gasteiger partial charge is 0.496 e. The van der Waals surface area contributed by atoms with E-state index in [0.717, 1.165) is 27.2 Å². The number of para-hydroxylation sites is 1. The van der Waals surface area contributed by atoms with Gasteiger partial charge in [-0.25, -0.2) is 0 Å². The van der Waals surface area contributed by atoms with E-state index in [1.165, 1.54) is 0 Å². The second kappa shape index (κ2) is 6.04. The van der Waals surface area contributed by atoms with Crippen molar-refractivity contribution in [1.82, 2.24) is 0 Å². The van der Waals surface area contributed by atoms with E-state index in [4.69, 9.17) is 22.7 Å². The Morgan fingerprint density at radius 1 is 1.26 bits per heavy atom. The van der Waals surface area contributed by atoms with Gasteiger partial charge in [-0.1, -0.05) is 24.4 Å². The zero-order valence-corrected chi connectivity index (χ0v) is 12.7. The number of hydrogen-bond acceptors (Lipinski definition) is 3. The van der Waals surface area contributed by atoms with Crippen molar-refractivity contribution < 1.29 is 4.74 Å². The molecule has 0 aromatic heterocycles. The second-order valence-corrected chi connectivity index (χ2v) is 5.18. The number of methoxy groups -OCH3 is 1. The van der Waals surface area contributed by atoms with Crippen LogP contribution in [0.1, 0.15) is 5.56 Å². The number of rotatable bonds is 4. The maximum atomic E-state index is 5.71. The van der Waals surface area contributed by atoms with Crippen LogP contribution in [-0.4, -0.2) is 12.1 Å². The average molecular weight is 337 g/mol. The summed E-state index contributed by atoms with van der Waals surface area (Å²) in [5.74, 6) is 0.785. The van der Waals surface area contributed by atoms with Crippen LogP contribution >= 0.6 is 28.1 Å². The van der Waals surface area contributed by atoms with Gasteiger partial charge in [0.05, 0.1) is 11.6 Å². The molecule has 0 bridgehead atoms. The minimum atomic E-state index is 0.371. The van der Waals surface area contributed by atoms with Gasteiger partial charge >= 0.3 is 0 Å². The van der Waals surface area contributed by atoms with E-state index >= 15 is 0 Å². The topological polar surface area (TPSA) is 47.3 Å². The third-order valence-electron chi connectivity index (χ3n) is 2.62. The molecular formula is C14H13BrN2OS. The van der Waals surface area contributed by atoms with Crippen molar-refractivity contribution in [2.24, 2.45) is 5.73 Å². The monoisotopic (exact) mass is 336 g/mol. The summed E-state index contributed by atoms with van der Waals surface area (Å²) in [7, 11) is 1.63. The van der Waals surface area contributed by atoms with Gasteiger partial charge in [-0.05, 0) is 46.3 Å². The van der Waals surface area contributed by atoms with Gasteiger partial charge in [0, 0.05) is 16.9 Å². The summed E-state index contributed by atoms with van der Waals surface area (Å²) in [6.45, 7) is 0. The minimum Gasteiger partial charge on any atom is -0.496 e. The third-order valence-corrected chi connectivity index (χ3v) is 3.46. The molecule has 3 N–H and O–H groups in total. The Bertz CT molecular complexity index is 616. The Morgan fingerprint density at radius 3 is 2.63 bits per heavy atom. The second-order valence-electron chi connectivity index (χ2n) is 3.88. The summed E-state index contributed by atoms with van der Waals surface area (Å²) in [5.41, 5.74) is 8.34. The minimum absolute atomic E-state index is 0.371. The fraction of sp³-hybridized carbons (Fsp3) is 0.0714. The summed E-state index contributed by atoms with van der Waals surface area (Å²) in [5, 5.41) is 3.29. The molecule has 0 saturated carbocycles. The lowest BCUT2D eigenvalue weighted by atomic mass is 10.1. The van der Waals surface area contributed by atoms with Crippen LogP contribution in [0.3, 0.4) is 0 Å². The molecule has 0 fully saturated rings. The molecule has 2 aromatic rings. The fourth-order valence-corrected chi connectivity index (χ4v) is 2.43. The molecule has 2 rings (SSSR count). The maximum Gasteiger partial charge on any atom is 0.133 e. The molecule has 2 aromatic carbocycles. The van der Waals surface area contributed by atoms with Gasteiger partial charge in [-0.15, -0.1) is 0 Å². The molecule has 19 heavy (non-hydrogen) atoms. The number of benzene rings is 2. The zero-order chi connectivity index (χ0) is 13.8. The van der Waals surface area contributed by atoms with Crippen LogP contribution in [0, 0.1) is 0 Å². The van der Waals surface area contributed by atoms with Crippen LogP contribution in [0.4, 0.5) is 11.4 Å². The molecule has 3 nitrogen and oxygen atoms in total. The van der Waals surface area contributed by atoms with Crippen molar-refractivity contribution in [3.63, 3.8) is 0 Å². The lowest BCUT2D eigenvalue weighted by Gasteiger charge is -2.12. The van der Waals surface area contributed by atoms with E-state index < -0.39 is 0 Å². The molecule has 0 unspecified atom stereocenters. The molecule has 0 aliphatic heterocycles. The van der Waals surface area contributed by atoms with Crippen molar-refractivity contribution in [2.75, 3.05) is 12.4 Å². The predicted octanol–water partition coefficient (Wildman–Crippen LogP) is 3.84. The zero-order valence-electron chi connectivity index (χ0n) is 10.3. The van der Waals surface area contributed by atoms with E-state index in [0.29, 0.717) is 4.99 Å². The van der Waals surface area contributed by atoms with Crippen LogP contribution in [0.15, 0.2) is 46.9 Å². The van der Waals surface area contributed by atoms with Gasteiger partial charge < -0.3 is 15.8 Å². The van der Waals surface area contributed by atoms with Gasteiger partial charge in [0.2, 0.25) is 0 Å². The van der Waals surface area contributed by atoms with Gasteiger partial charge in [0.1, 0.15) is 10.7 Å². The highest BCUT2D eigenvalue weighted by Gasteiger charge is 2.06. The first-order valence-electron chi connectivity index (χ1n) is 5.61. The summed E-state index contributed by atoms with van der Waals surface area (Å²) in [4.78, 5) is 0.371. The first-order valence-corrected chi connectivity index (χ1v) is 6.81. The summed E-state index contributed by atoms with van der Waals surface area (Å²) < 4.78 is 6.08. The molecule has 0 aliphatic rings. The predicted molar refractivity (Wildman–Crippen MR) is 86.3 cm³/mol. The van der Waals surface area contributed by atoms with Crippen LogP contribution < -0.4 is 15.8 Å². The van der Waals surface area contributed by atoms with Gasteiger partial charge in [-0.3, -0.25) is 0 Å². The average Bonchev–Trinajstić information content (AvgIpc) is 2.39. The van der Waals surface area contributed by atoms with Crippen molar-refractivity contribution in [1.29, 1.82) is 0 Å². The first-order chi connectivity index (χ1) is 9.11. The molecule has 5 heteroatoms. The van der Waals surface area contributed by atoms with Gasteiger partial charge in [-0.2, -0.15) is 0 Å². The van der Waals surface area contributed by atoms with E-state index in [1.54, 1.807) is 7.11 Å². The number of hydrogen-bond donors (Lipinski definition) is 2. The van der Waals surface area contributed by atoms with Crippen LogP contribution in [-0.2, 0) is 0 Å². The highest BCUT2D eigenvalue weighted by molar-refractivity contribution is 9.10. The Hall–Kier alpha value is -1.59. The van der Waals surface area contributed by atoms with Gasteiger partial charge in [0.25, 0.3) is 0 Å². The quantitative estimate of drug-likeness (QED) is 0.833. The van der Waals surface area contributed by atoms with E-state index in [1.807, 2.05) is 42.5 Å². The molecule has 98 valence electrons. The van der Waals surface area contributed by atoms with Crippen molar-refractivity contribution >= 4 is 44.5 Å². The highest BCUT2D eigenvalue weighted by Crippen LogP contribution is 2.30. The maximum absolute atomic E-state index is 5.71. The number of thiocarbonyl (C=S) groups is 1. The molecule has 0 atom stereocenters. The number of nitrogens with one attached hydrogen (secondary N) is 1. The first kappa shape index (κ1) is 13.8. The van der Waals surface area contributed by atoms with Crippen molar-refractivity contribution in [3.05, 3.63) is 52.5 Å². The van der Waals surface area contributed by atoms with E-state index in [9.17, 15) is 0 Å². The summed E-state index contributed by atoms with van der Waals surface area (Å²) >= 11 is 8.49. The third kappa shape index (κ3) is 3.24. The van der Waals surface area contributed by atoms with Gasteiger partial charge in [0.15, 0.2) is 0 Å². The number of ether oxygens (including phenoxy) is 1. The van der Waals surface area contributed by atoms with Crippen LogP contribution in [0.25, 0.3) is 0 Å². The number of halogens is 1. The fourth-order valence-electron chi connectivity index (χ4n) is 1.71. The Balaban J connectivity index is 2.31. The van der Waals surface area contributed by atoms with E-state index in [-0.39, 0.29) is 0 Å². The smallest absolute Gasteiger partial charge is 0.133 e. The van der Waals surface area contributed by atoms with Crippen molar-refractivity contribution in [2.45, 2.75) is 0 Å². The lowest BCUT2D eigenvalue weighted by Crippen LogP contribution is -2.11. The Kier molecular flexibility index (Phi) is 4.39.